The van der Waals surface area contributed by atoms with Crippen LogP contribution in [0.25, 0.3) is 0 Å². The third-order valence-electron chi connectivity index (χ3n) is 3.32. The molecule has 0 radical (unpaired) electrons. The van der Waals surface area contributed by atoms with E-state index in [0.717, 1.165) is 18.2 Å². The Morgan fingerprint density at radius 2 is 1.92 bits per heavy atom. The van der Waals surface area contributed by atoms with Gasteiger partial charge in [0, 0.05) is 0 Å². The third-order valence-corrected chi connectivity index (χ3v) is 3.65. The molecule has 0 spiro atoms. The first kappa shape index (κ1) is 19.1. The summed E-state index contributed by atoms with van der Waals surface area (Å²) in [7, 11) is 0. The zero-order valence-electron chi connectivity index (χ0n) is 13.0. The minimum absolute atomic E-state index is 0.0536. The van der Waals surface area contributed by atoms with Crippen LogP contribution in [0.3, 0.4) is 0 Å². The Bertz CT molecular complexity index is 765. The summed E-state index contributed by atoms with van der Waals surface area (Å²) < 4.78 is 57.3. The summed E-state index contributed by atoms with van der Waals surface area (Å²) >= 11 is 5.84. The zero-order chi connectivity index (χ0) is 18.6. The highest BCUT2D eigenvalue weighted by molar-refractivity contribution is 6.33. The maximum atomic E-state index is 13.6. The standard InChI is InChI=1S/C17H14ClF4NO2/c1-2-14(25-15-6-4-3-5-12(15)19)16(24)23-13-9-10(17(20,21)22)7-8-11(13)18/h3-9,14H,2H2,1H3,(H,23,24)/t14-/m0/s1. The number of anilines is 1. The molecule has 8 heteroatoms. The number of alkyl halides is 3. The highest BCUT2D eigenvalue weighted by Crippen LogP contribution is 2.34. The zero-order valence-corrected chi connectivity index (χ0v) is 13.8. The number of hydrogen-bond acceptors (Lipinski definition) is 2. The summed E-state index contributed by atoms with van der Waals surface area (Å²) in [5.41, 5.74) is -1.15. The molecule has 0 saturated heterocycles. The molecule has 2 aromatic rings. The summed E-state index contributed by atoms with van der Waals surface area (Å²) in [6, 6.07) is 8.10. The highest BCUT2D eigenvalue weighted by Gasteiger charge is 2.31. The minimum Gasteiger partial charge on any atom is -0.478 e. The number of benzene rings is 2. The molecular weight excluding hydrogens is 362 g/mol. The molecule has 0 aromatic heterocycles. The summed E-state index contributed by atoms with van der Waals surface area (Å²) in [4.78, 5) is 12.3. The number of ether oxygens (including phenoxy) is 1. The van der Waals surface area contributed by atoms with Crippen LogP contribution in [0.5, 0.6) is 5.75 Å². The van der Waals surface area contributed by atoms with Crippen molar-refractivity contribution in [3.05, 3.63) is 58.9 Å². The monoisotopic (exact) mass is 375 g/mol. The number of carbonyl (C=O) groups excluding carboxylic acids is 1. The van der Waals surface area contributed by atoms with Crippen LogP contribution < -0.4 is 10.1 Å². The van der Waals surface area contributed by atoms with Crippen LogP contribution >= 0.6 is 11.6 Å². The number of carbonyl (C=O) groups is 1. The molecular formula is C17H14ClF4NO2. The molecule has 0 aliphatic rings. The van der Waals surface area contributed by atoms with Gasteiger partial charge in [0.2, 0.25) is 0 Å². The average molecular weight is 376 g/mol. The predicted octanol–water partition coefficient (Wildman–Crippen LogP) is 5.29. The Morgan fingerprint density at radius 3 is 2.52 bits per heavy atom. The quantitative estimate of drug-likeness (QED) is 0.721. The van der Waals surface area contributed by atoms with Crippen molar-refractivity contribution in [2.24, 2.45) is 0 Å². The summed E-state index contributed by atoms with van der Waals surface area (Å²) in [6.07, 6.45) is -5.49. The fourth-order valence-corrected chi connectivity index (χ4v) is 2.19. The number of amides is 1. The van der Waals surface area contributed by atoms with Crippen LogP contribution in [-0.2, 0) is 11.0 Å². The van der Waals surface area contributed by atoms with E-state index < -0.39 is 29.6 Å². The molecule has 2 aromatic carbocycles. The Balaban J connectivity index is 2.18. The molecule has 0 heterocycles. The van der Waals surface area contributed by atoms with Crippen LogP contribution in [0.4, 0.5) is 23.2 Å². The van der Waals surface area contributed by atoms with Gasteiger partial charge in [0.1, 0.15) is 0 Å². The fourth-order valence-electron chi connectivity index (χ4n) is 2.03. The molecule has 1 amide bonds. The second kappa shape index (κ2) is 7.74. The normalized spacial score (nSPS) is 12.6. The Hall–Kier alpha value is -2.28. The fraction of sp³-hybridized carbons (Fsp3) is 0.235. The van der Waals surface area contributed by atoms with Gasteiger partial charge in [-0.1, -0.05) is 30.7 Å². The van der Waals surface area contributed by atoms with Crippen LogP contribution in [0.15, 0.2) is 42.5 Å². The molecule has 0 fully saturated rings. The van der Waals surface area contributed by atoms with Gasteiger partial charge in [0.05, 0.1) is 16.3 Å². The second-order valence-electron chi connectivity index (χ2n) is 5.13. The van der Waals surface area contributed by atoms with Gasteiger partial charge in [-0.3, -0.25) is 4.79 Å². The number of rotatable bonds is 5. The number of hydrogen-bond donors (Lipinski definition) is 1. The Labute approximate surface area is 146 Å². The van der Waals surface area contributed by atoms with Gasteiger partial charge >= 0.3 is 6.18 Å². The van der Waals surface area contributed by atoms with E-state index in [2.05, 4.69) is 5.32 Å². The smallest absolute Gasteiger partial charge is 0.416 e. The maximum absolute atomic E-state index is 13.6. The lowest BCUT2D eigenvalue weighted by molar-refractivity contribution is -0.137. The van der Waals surface area contributed by atoms with E-state index in [9.17, 15) is 22.4 Å². The van der Waals surface area contributed by atoms with E-state index in [1.807, 2.05) is 0 Å². The van der Waals surface area contributed by atoms with Crippen molar-refractivity contribution in [1.29, 1.82) is 0 Å². The molecule has 0 unspecified atom stereocenters. The molecule has 0 aliphatic carbocycles. The first-order valence-electron chi connectivity index (χ1n) is 7.31. The first-order chi connectivity index (χ1) is 11.7. The molecule has 25 heavy (non-hydrogen) atoms. The maximum Gasteiger partial charge on any atom is 0.416 e. The molecule has 0 aliphatic heterocycles. The average Bonchev–Trinajstić information content (AvgIpc) is 2.55. The van der Waals surface area contributed by atoms with Crippen molar-refractivity contribution < 1.29 is 27.1 Å². The van der Waals surface area contributed by atoms with Crippen molar-refractivity contribution in [3.63, 3.8) is 0 Å². The summed E-state index contributed by atoms with van der Waals surface area (Å²) in [5.74, 6) is -1.50. The van der Waals surface area contributed by atoms with E-state index in [1.54, 1.807) is 6.92 Å². The van der Waals surface area contributed by atoms with Crippen molar-refractivity contribution in [2.75, 3.05) is 5.32 Å². The Morgan fingerprint density at radius 1 is 1.24 bits per heavy atom. The molecule has 134 valence electrons. The molecule has 2 rings (SSSR count). The van der Waals surface area contributed by atoms with Crippen molar-refractivity contribution >= 4 is 23.2 Å². The van der Waals surface area contributed by atoms with E-state index in [-0.39, 0.29) is 22.9 Å². The van der Waals surface area contributed by atoms with Gasteiger partial charge in [-0.15, -0.1) is 0 Å². The van der Waals surface area contributed by atoms with Gasteiger partial charge < -0.3 is 10.1 Å². The number of para-hydroxylation sites is 1. The van der Waals surface area contributed by atoms with Gasteiger partial charge in [0.15, 0.2) is 17.7 Å². The summed E-state index contributed by atoms with van der Waals surface area (Å²) in [5, 5.41) is 2.24. The summed E-state index contributed by atoms with van der Waals surface area (Å²) in [6.45, 7) is 1.62. The molecule has 1 atom stereocenters. The van der Waals surface area contributed by atoms with Crippen LogP contribution in [0, 0.1) is 5.82 Å². The van der Waals surface area contributed by atoms with Gasteiger partial charge in [-0.05, 0) is 36.8 Å². The molecule has 3 nitrogen and oxygen atoms in total. The first-order valence-corrected chi connectivity index (χ1v) is 7.69. The SMILES string of the molecule is CC[C@H](Oc1ccccc1F)C(=O)Nc1cc(C(F)(F)F)ccc1Cl. The lowest BCUT2D eigenvalue weighted by Crippen LogP contribution is -2.32. The highest BCUT2D eigenvalue weighted by atomic mass is 35.5. The minimum atomic E-state index is -4.57. The van der Waals surface area contributed by atoms with E-state index in [4.69, 9.17) is 16.3 Å². The van der Waals surface area contributed by atoms with Crippen molar-refractivity contribution in [3.8, 4) is 5.75 Å². The Kier molecular flexibility index (Phi) is 5.89. The predicted molar refractivity (Wildman–Crippen MR) is 86.2 cm³/mol. The van der Waals surface area contributed by atoms with Crippen molar-refractivity contribution in [1.82, 2.24) is 0 Å². The van der Waals surface area contributed by atoms with Gasteiger partial charge in [0.25, 0.3) is 5.91 Å². The van der Waals surface area contributed by atoms with E-state index in [1.165, 1.54) is 24.3 Å². The van der Waals surface area contributed by atoms with Crippen LogP contribution in [0.2, 0.25) is 5.02 Å². The molecule has 1 N–H and O–H groups in total. The van der Waals surface area contributed by atoms with Crippen LogP contribution in [-0.4, -0.2) is 12.0 Å². The van der Waals surface area contributed by atoms with Gasteiger partial charge in [-0.2, -0.15) is 13.2 Å². The molecule has 0 bridgehead atoms. The number of halogens is 5. The third kappa shape index (κ3) is 4.85. The van der Waals surface area contributed by atoms with Crippen LogP contribution in [0.1, 0.15) is 18.9 Å². The van der Waals surface area contributed by atoms with Gasteiger partial charge in [-0.25, -0.2) is 4.39 Å². The number of nitrogens with one attached hydrogen (secondary N) is 1. The topological polar surface area (TPSA) is 38.3 Å². The second-order valence-corrected chi connectivity index (χ2v) is 5.53. The molecule has 0 saturated carbocycles. The van der Waals surface area contributed by atoms with E-state index >= 15 is 0 Å². The van der Waals surface area contributed by atoms with E-state index in [0.29, 0.717) is 0 Å². The largest absolute Gasteiger partial charge is 0.478 e. The lowest BCUT2D eigenvalue weighted by Gasteiger charge is -2.18. The van der Waals surface area contributed by atoms with Crippen molar-refractivity contribution in [2.45, 2.75) is 25.6 Å². The lowest BCUT2D eigenvalue weighted by atomic mass is 10.1.